The average Bonchev–Trinajstić information content (AvgIpc) is 2.99. The first kappa shape index (κ1) is 14.2. The molecule has 0 radical (unpaired) electrons. The molecule has 0 saturated heterocycles. The highest BCUT2D eigenvalue weighted by molar-refractivity contribution is 6.35. The maximum atomic E-state index is 6.32. The molecule has 3 aromatic rings. The van der Waals surface area contributed by atoms with E-state index in [1.807, 2.05) is 31.3 Å². The van der Waals surface area contributed by atoms with Crippen LogP contribution in [0.3, 0.4) is 0 Å². The van der Waals surface area contributed by atoms with Crippen molar-refractivity contribution in [2.45, 2.75) is 19.4 Å². The summed E-state index contributed by atoms with van der Waals surface area (Å²) in [6.07, 6.45) is 2.64. The standard InChI is InChI=1S/C18H18ClNO/c1-3-17-15(10-11-21-17)18(20-2)14-8-9-16(19)13-7-5-4-6-12(13)14/h4-11,18,20H,3H2,1-2H3. The molecule has 0 spiro atoms. The highest BCUT2D eigenvalue weighted by atomic mass is 35.5. The van der Waals surface area contributed by atoms with Gasteiger partial charge in [-0.25, -0.2) is 0 Å². The summed E-state index contributed by atoms with van der Waals surface area (Å²) in [6.45, 7) is 2.11. The first-order valence-electron chi connectivity index (χ1n) is 7.17. The van der Waals surface area contributed by atoms with Gasteiger partial charge in [-0.15, -0.1) is 0 Å². The van der Waals surface area contributed by atoms with Crippen molar-refractivity contribution in [2.75, 3.05) is 7.05 Å². The molecule has 1 aromatic heterocycles. The van der Waals surface area contributed by atoms with Gasteiger partial charge in [0.1, 0.15) is 5.76 Å². The molecule has 2 nitrogen and oxygen atoms in total. The van der Waals surface area contributed by atoms with Gasteiger partial charge in [-0.3, -0.25) is 0 Å². The molecular weight excluding hydrogens is 282 g/mol. The van der Waals surface area contributed by atoms with E-state index in [-0.39, 0.29) is 6.04 Å². The Hall–Kier alpha value is -1.77. The third-order valence-electron chi connectivity index (χ3n) is 3.92. The van der Waals surface area contributed by atoms with E-state index in [4.69, 9.17) is 16.0 Å². The lowest BCUT2D eigenvalue weighted by Gasteiger charge is -2.19. The summed E-state index contributed by atoms with van der Waals surface area (Å²) in [5, 5.41) is 6.44. The van der Waals surface area contributed by atoms with Crippen molar-refractivity contribution >= 4 is 22.4 Å². The average molecular weight is 300 g/mol. The van der Waals surface area contributed by atoms with Crippen LogP contribution in [0.5, 0.6) is 0 Å². The number of benzene rings is 2. The van der Waals surface area contributed by atoms with Gasteiger partial charge in [0.05, 0.1) is 12.3 Å². The molecule has 0 aliphatic rings. The Labute approximate surface area is 129 Å². The molecule has 3 rings (SSSR count). The second kappa shape index (κ2) is 5.92. The minimum Gasteiger partial charge on any atom is -0.469 e. The smallest absolute Gasteiger partial charge is 0.108 e. The zero-order valence-corrected chi connectivity index (χ0v) is 12.9. The van der Waals surface area contributed by atoms with Crippen LogP contribution in [0, 0.1) is 0 Å². The van der Waals surface area contributed by atoms with Gasteiger partial charge in [-0.2, -0.15) is 0 Å². The lowest BCUT2D eigenvalue weighted by atomic mass is 9.93. The normalized spacial score (nSPS) is 12.7. The predicted molar refractivity (Wildman–Crippen MR) is 87.9 cm³/mol. The van der Waals surface area contributed by atoms with Crippen LogP contribution in [0.1, 0.15) is 29.9 Å². The molecule has 1 atom stereocenters. The molecule has 0 bridgehead atoms. The topological polar surface area (TPSA) is 25.2 Å². The van der Waals surface area contributed by atoms with Crippen molar-refractivity contribution < 1.29 is 4.42 Å². The highest BCUT2D eigenvalue weighted by Crippen LogP contribution is 2.34. The summed E-state index contributed by atoms with van der Waals surface area (Å²) in [5.41, 5.74) is 2.40. The summed E-state index contributed by atoms with van der Waals surface area (Å²) < 4.78 is 5.59. The van der Waals surface area contributed by atoms with Crippen LogP contribution in [0.4, 0.5) is 0 Å². The van der Waals surface area contributed by atoms with E-state index in [2.05, 4.69) is 30.4 Å². The van der Waals surface area contributed by atoms with Crippen LogP contribution in [0.2, 0.25) is 5.02 Å². The van der Waals surface area contributed by atoms with E-state index >= 15 is 0 Å². The summed E-state index contributed by atoms with van der Waals surface area (Å²) in [6, 6.07) is 14.4. The van der Waals surface area contributed by atoms with Gasteiger partial charge in [0, 0.05) is 22.4 Å². The fourth-order valence-electron chi connectivity index (χ4n) is 2.91. The molecule has 2 aromatic carbocycles. The van der Waals surface area contributed by atoms with Gasteiger partial charge >= 0.3 is 0 Å². The molecule has 0 aliphatic carbocycles. The number of rotatable bonds is 4. The Kier molecular flexibility index (Phi) is 4.00. The van der Waals surface area contributed by atoms with E-state index in [1.165, 1.54) is 16.5 Å². The van der Waals surface area contributed by atoms with E-state index in [0.29, 0.717) is 0 Å². The van der Waals surface area contributed by atoms with Crippen LogP contribution >= 0.6 is 11.6 Å². The van der Waals surface area contributed by atoms with Crippen LogP contribution in [-0.2, 0) is 6.42 Å². The zero-order chi connectivity index (χ0) is 14.8. The Morgan fingerprint density at radius 1 is 1.05 bits per heavy atom. The number of furan rings is 1. The van der Waals surface area contributed by atoms with Gasteiger partial charge in [0.15, 0.2) is 0 Å². The molecule has 108 valence electrons. The van der Waals surface area contributed by atoms with Crippen molar-refractivity contribution in [3.05, 3.63) is 70.6 Å². The number of hydrogen-bond donors (Lipinski definition) is 1. The zero-order valence-electron chi connectivity index (χ0n) is 12.2. The minimum atomic E-state index is 0.0980. The third kappa shape index (κ3) is 2.45. The second-order valence-corrected chi connectivity index (χ2v) is 5.46. The Bertz CT molecular complexity index is 763. The second-order valence-electron chi connectivity index (χ2n) is 5.06. The summed E-state index contributed by atoms with van der Waals surface area (Å²) in [5.74, 6) is 1.02. The molecule has 0 fully saturated rings. The molecule has 0 saturated carbocycles. The molecular formula is C18H18ClNO. The lowest BCUT2D eigenvalue weighted by Crippen LogP contribution is -2.18. The largest absolute Gasteiger partial charge is 0.469 e. The van der Waals surface area contributed by atoms with Gasteiger partial charge < -0.3 is 9.73 Å². The third-order valence-corrected chi connectivity index (χ3v) is 4.25. The lowest BCUT2D eigenvalue weighted by molar-refractivity contribution is 0.505. The SMILES string of the molecule is CCc1occc1C(NC)c1ccc(Cl)c2ccccc12. The number of fused-ring (bicyclic) bond motifs is 1. The van der Waals surface area contributed by atoms with Crippen molar-refractivity contribution in [3.8, 4) is 0 Å². The predicted octanol–water partition coefficient (Wildman–Crippen LogP) is 4.96. The van der Waals surface area contributed by atoms with Gasteiger partial charge in [0.2, 0.25) is 0 Å². The molecule has 0 aliphatic heterocycles. The van der Waals surface area contributed by atoms with Crippen LogP contribution in [-0.4, -0.2) is 7.05 Å². The number of hydrogen-bond acceptors (Lipinski definition) is 2. The van der Waals surface area contributed by atoms with Gasteiger partial charge in [0.25, 0.3) is 0 Å². The molecule has 1 N–H and O–H groups in total. The highest BCUT2D eigenvalue weighted by Gasteiger charge is 2.19. The fourth-order valence-corrected chi connectivity index (χ4v) is 3.14. The molecule has 1 heterocycles. The first-order valence-corrected chi connectivity index (χ1v) is 7.54. The van der Waals surface area contributed by atoms with Crippen LogP contribution in [0.25, 0.3) is 10.8 Å². The van der Waals surface area contributed by atoms with Crippen molar-refractivity contribution in [3.63, 3.8) is 0 Å². The molecule has 0 amide bonds. The Morgan fingerprint density at radius 2 is 1.81 bits per heavy atom. The summed E-state index contributed by atoms with van der Waals surface area (Å²) >= 11 is 6.32. The van der Waals surface area contributed by atoms with Crippen LogP contribution in [0.15, 0.2) is 53.1 Å². The maximum absolute atomic E-state index is 6.32. The van der Waals surface area contributed by atoms with Crippen LogP contribution < -0.4 is 5.32 Å². The number of aryl methyl sites for hydroxylation is 1. The monoisotopic (exact) mass is 299 g/mol. The quantitative estimate of drug-likeness (QED) is 0.737. The maximum Gasteiger partial charge on any atom is 0.108 e. The molecule has 1 unspecified atom stereocenters. The molecule has 3 heteroatoms. The van der Waals surface area contributed by atoms with Crippen molar-refractivity contribution in [1.82, 2.24) is 5.32 Å². The van der Waals surface area contributed by atoms with E-state index in [0.717, 1.165) is 22.6 Å². The van der Waals surface area contributed by atoms with E-state index in [1.54, 1.807) is 6.26 Å². The van der Waals surface area contributed by atoms with Gasteiger partial charge in [-0.1, -0.05) is 48.9 Å². The Balaban J connectivity index is 2.20. The van der Waals surface area contributed by atoms with Crippen molar-refractivity contribution in [1.29, 1.82) is 0 Å². The number of nitrogens with one attached hydrogen (secondary N) is 1. The van der Waals surface area contributed by atoms with E-state index < -0.39 is 0 Å². The van der Waals surface area contributed by atoms with E-state index in [9.17, 15) is 0 Å². The van der Waals surface area contributed by atoms with Crippen molar-refractivity contribution in [2.24, 2.45) is 0 Å². The first-order chi connectivity index (χ1) is 10.3. The fraction of sp³-hybridized carbons (Fsp3) is 0.222. The Morgan fingerprint density at radius 3 is 2.52 bits per heavy atom. The minimum absolute atomic E-state index is 0.0980. The number of halogens is 1. The summed E-state index contributed by atoms with van der Waals surface area (Å²) in [4.78, 5) is 0. The van der Waals surface area contributed by atoms with Gasteiger partial charge in [-0.05, 0) is 30.1 Å². The summed E-state index contributed by atoms with van der Waals surface area (Å²) in [7, 11) is 1.97. The molecule has 21 heavy (non-hydrogen) atoms.